The standard InChI is InChI=1S/C52H99NO4/c1-3-5-7-9-11-13-15-17-19-20-21-22-23-24-25-26-27-28-29-30-31-33-35-37-39-41-43-45-47-51(56)53-49(48-54)52(57)50(55)46-44-42-40-38-36-34-32-18-16-14-12-10-8-6-4-2/h18,24-25,32,38,40,49-50,52,54-55,57H,3-17,19-23,26-31,33-37,39,41-48H2,1-2H3,(H,53,56)/b25-24-,32-18+,40-38+. The van der Waals surface area contributed by atoms with Crippen LogP contribution in [0.25, 0.3) is 0 Å². The van der Waals surface area contributed by atoms with Crippen molar-refractivity contribution in [3.8, 4) is 0 Å². The predicted octanol–water partition coefficient (Wildman–Crippen LogP) is 15.1. The Morgan fingerprint density at radius 2 is 0.719 bits per heavy atom. The maximum absolute atomic E-state index is 12.5. The summed E-state index contributed by atoms with van der Waals surface area (Å²) in [7, 11) is 0. The molecule has 0 spiro atoms. The molecule has 57 heavy (non-hydrogen) atoms. The zero-order valence-electron chi connectivity index (χ0n) is 38.2. The Hall–Kier alpha value is -1.43. The van der Waals surface area contributed by atoms with Crippen LogP contribution >= 0.6 is 0 Å². The van der Waals surface area contributed by atoms with Crippen LogP contribution in [0.1, 0.15) is 264 Å². The molecule has 0 aliphatic heterocycles. The quantitative estimate of drug-likeness (QED) is 0.0365. The molecule has 3 atom stereocenters. The number of carbonyl (C=O) groups excluding carboxylic acids is 1. The van der Waals surface area contributed by atoms with Gasteiger partial charge in [0.2, 0.25) is 5.91 Å². The number of amides is 1. The van der Waals surface area contributed by atoms with Gasteiger partial charge in [-0.2, -0.15) is 0 Å². The van der Waals surface area contributed by atoms with Crippen molar-refractivity contribution < 1.29 is 20.1 Å². The van der Waals surface area contributed by atoms with Crippen molar-refractivity contribution in [2.45, 2.75) is 283 Å². The fourth-order valence-corrected chi connectivity index (χ4v) is 7.76. The molecule has 0 saturated heterocycles. The van der Waals surface area contributed by atoms with Crippen molar-refractivity contribution in [1.29, 1.82) is 0 Å². The van der Waals surface area contributed by atoms with Gasteiger partial charge >= 0.3 is 0 Å². The molecule has 0 aromatic rings. The molecule has 4 N–H and O–H groups in total. The lowest BCUT2D eigenvalue weighted by atomic mass is 10.0. The van der Waals surface area contributed by atoms with Gasteiger partial charge in [0.1, 0.15) is 6.10 Å². The molecule has 336 valence electrons. The van der Waals surface area contributed by atoms with Crippen LogP contribution < -0.4 is 5.32 Å². The van der Waals surface area contributed by atoms with E-state index in [4.69, 9.17) is 0 Å². The van der Waals surface area contributed by atoms with Crippen LogP contribution in [0, 0.1) is 0 Å². The summed E-state index contributed by atoms with van der Waals surface area (Å²) in [6, 6.07) is -0.832. The summed E-state index contributed by atoms with van der Waals surface area (Å²) < 4.78 is 0. The zero-order valence-corrected chi connectivity index (χ0v) is 38.2. The third-order valence-electron chi connectivity index (χ3n) is 11.7. The Balaban J connectivity index is 3.58. The van der Waals surface area contributed by atoms with Gasteiger partial charge in [0.15, 0.2) is 0 Å². The predicted molar refractivity (Wildman–Crippen MR) is 250 cm³/mol. The Bertz CT molecular complexity index is 885. The fourth-order valence-electron chi connectivity index (χ4n) is 7.76. The Kier molecular flexibility index (Phi) is 46.1. The van der Waals surface area contributed by atoms with Crippen LogP contribution in [-0.2, 0) is 4.79 Å². The number of unbranched alkanes of at least 4 members (excludes halogenated alkanes) is 32. The van der Waals surface area contributed by atoms with Gasteiger partial charge in [0.05, 0.1) is 18.8 Å². The van der Waals surface area contributed by atoms with Crippen molar-refractivity contribution in [3.63, 3.8) is 0 Å². The highest BCUT2D eigenvalue weighted by molar-refractivity contribution is 5.76. The van der Waals surface area contributed by atoms with Crippen LogP contribution in [0.5, 0.6) is 0 Å². The average Bonchev–Trinajstić information content (AvgIpc) is 3.22. The summed E-state index contributed by atoms with van der Waals surface area (Å²) in [5, 5.41) is 33.6. The molecule has 0 rings (SSSR count). The minimum Gasteiger partial charge on any atom is -0.394 e. The first kappa shape index (κ1) is 55.6. The van der Waals surface area contributed by atoms with E-state index in [9.17, 15) is 20.1 Å². The summed E-state index contributed by atoms with van der Waals surface area (Å²) in [5.41, 5.74) is 0. The number of aliphatic hydroxyl groups excluding tert-OH is 3. The van der Waals surface area contributed by atoms with Gasteiger partial charge in [-0.3, -0.25) is 4.79 Å². The Morgan fingerprint density at radius 1 is 0.421 bits per heavy atom. The molecule has 0 saturated carbocycles. The highest BCUT2D eigenvalue weighted by atomic mass is 16.3. The zero-order chi connectivity index (χ0) is 41.5. The first-order valence-corrected chi connectivity index (χ1v) is 25.3. The first-order valence-electron chi connectivity index (χ1n) is 25.3. The second-order valence-corrected chi connectivity index (χ2v) is 17.4. The number of nitrogens with one attached hydrogen (secondary N) is 1. The van der Waals surface area contributed by atoms with E-state index >= 15 is 0 Å². The summed E-state index contributed by atoms with van der Waals surface area (Å²) >= 11 is 0. The third-order valence-corrected chi connectivity index (χ3v) is 11.7. The van der Waals surface area contributed by atoms with Crippen LogP contribution in [0.2, 0.25) is 0 Å². The van der Waals surface area contributed by atoms with Crippen molar-refractivity contribution in [3.05, 3.63) is 36.5 Å². The van der Waals surface area contributed by atoms with E-state index < -0.39 is 18.2 Å². The maximum atomic E-state index is 12.5. The highest BCUT2D eigenvalue weighted by Gasteiger charge is 2.26. The Labute approximate surface area is 355 Å². The van der Waals surface area contributed by atoms with E-state index in [1.54, 1.807) is 0 Å². The topological polar surface area (TPSA) is 89.8 Å². The molecule has 0 fully saturated rings. The lowest BCUT2D eigenvalue weighted by Crippen LogP contribution is -2.50. The lowest BCUT2D eigenvalue weighted by Gasteiger charge is -2.26. The molecule has 0 aliphatic rings. The summed E-state index contributed by atoms with van der Waals surface area (Å²) in [5.74, 6) is -0.157. The van der Waals surface area contributed by atoms with Gasteiger partial charge in [-0.25, -0.2) is 0 Å². The van der Waals surface area contributed by atoms with Crippen LogP contribution in [0.4, 0.5) is 0 Å². The van der Waals surface area contributed by atoms with E-state index in [1.807, 2.05) is 0 Å². The molecule has 0 heterocycles. The average molecular weight is 802 g/mol. The molecular formula is C52H99NO4. The monoisotopic (exact) mass is 802 g/mol. The van der Waals surface area contributed by atoms with Crippen molar-refractivity contribution in [2.24, 2.45) is 0 Å². The number of allylic oxidation sites excluding steroid dienone is 6. The van der Waals surface area contributed by atoms with Gasteiger partial charge in [-0.15, -0.1) is 0 Å². The minimum absolute atomic E-state index is 0.157. The minimum atomic E-state index is -1.17. The van der Waals surface area contributed by atoms with Gasteiger partial charge < -0.3 is 20.6 Å². The second kappa shape index (κ2) is 47.3. The fraction of sp³-hybridized carbons (Fsp3) is 0.865. The van der Waals surface area contributed by atoms with E-state index in [0.717, 1.165) is 44.9 Å². The SMILES string of the molecule is CCCCCCCC/C=C/CC/C=C/CCCC(O)C(O)C(CO)NC(=O)CCCCCCCCCCCCCC/C=C\CCCCCCCCCCCCCC. The number of hydrogen-bond donors (Lipinski definition) is 4. The lowest BCUT2D eigenvalue weighted by molar-refractivity contribution is -0.124. The molecule has 0 radical (unpaired) electrons. The van der Waals surface area contributed by atoms with Crippen molar-refractivity contribution in [1.82, 2.24) is 5.32 Å². The largest absolute Gasteiger partial charge is 0.394 e. The molecule has 3 unspecified atom stereocenters. The second-order valence-electron chi connectivity index (χ2n) is 17.4. The number of aliphatic hydroxyl groups is 3. The summed E-state index contributed by atoms with van der Waals surface area (Å²) in [4.78, 5) is 12.5. The molecule has 1 amide bonds. The Morgan fingerprint density at radius 3 is 1.07 bits per heavy atom. The molecule has 0 aliphatic carbocycles. The van der Waals surface area contributed by atoms with Crippen LogP contribution in [0.15, 0.2) is 36.5 Å². The van der Waals surface area contributed by atoms with Crippen LogP contribution in [-0.4, -0.2) is 46.1 Å². The van der Waals surface area contributed by atoms with Crippen molar-refractivity contribution in [2.75, 3.05) is 6.61 Å². The van der Waals surface area contributed by atoms with E-state index in [-0.39, 0.29) is 12.5 Å². The smallest absolute Gasteiger partial charge is 0.220 e. The molecule has 5 nitrogen and oxygen atoms in total. The van der Waals surface area contributed by atoms with E-state index in [2.05, 4.69) is 55.6 Å². The van der Waals surface area contributed by atoms with Crippen molar-refractivity contribution >= 4 is 5.91 Å². The third kappa shape index (κ3) is 42.5. The maximum Gasteiger partial charge on any atom is 0.220 e. The van der Waals surface area contributed by atoms with Crippen LogP contribution in [0.3, 0.4) is 0 Å². The van der Waals surface area contributed by atoms with Gasteiger partial charge in [0, 0.05) is 6.42 Å². The highest BCUT2D eigenvalue weighted by Crippen LogP contribution is 2.16. The van der Waals surface area contributed by atoms with Gasteiger partial charge in [0.25, 0.3) is 0 Å². The summed E-state index contributed by atoms with van der Waals surface area (Å²) in [6.07, 6.45) is 60.0. The van der Waals surface area contributed by atoms with E-state index in [1.165, 1.54) is 193 Å². The molecular weight excluding hydrogens is 703 g/mol. The van der Waals surface area contributed by atoms with E-state index in [0.29, 0.717) is 12.8 Å². The van der Waals surface area contributed by atoms with Gasteiger partial charge in [-0.1, -0.05) is 217 Å². The molecule has 0 aromatic heterocycles. The number of carbonyl (C=O) groups is 1. The first-order chi connectivity index (χ1) is 28.1. The van der Waals surface area contributed by atoms with Gasteiger partial charge in [-0.05, 0) is 77.0 Å². The summed E-state index contributed by atoms with van der Waals surface area (Å²) in [6.45, 7) is 4.17. The molecule has 5 heteroatoms. The normalized spacial score (nSPS) is 13.7. The number of rotatable bonds is 46. The molecule has 0 aromatic carbocycles. The molecule has 0 bridgehead atoms. The number of hydrogen-bond acceptors (Lipinski definition) is 4.